The normalized spacial score (nSPS) is 12.7. The van der Waals surface area contributed by atoms with Gasteiger partial charge in [-0.25, -0.2) is 0 Å². The van der Waals surface area contributed by atoms with Gasteiger partial charge in [0.05, 0.1) is 13.2 Å². The predicted molar refractivity (Wildman–Crippen MR) is 49.2 cm³/mol. The van der Waals surface area contributed by atoms with Crippen LogP contribution in [0.4, 0.5) is 0 Å². The number of esters is 1. The second kappa shape index (κ2) is 13.5. The summed E-state index contributed by atoms with van der Waals surface area (Å²) in [6.45, 7) is 7.30. The number of carbonyl (C=O) groups excluding carboxylic acids is 2. The summed E-state index contributed by atoms with van der Waals surface area (Å²) in [6.07, 6.45) is 1.54. The fraction of sp³-hybridized carbons (Fsp3) is 0.778. The Balaban J connectivity index is 0. The minimum atomic E-state index is -0.0463. The third kappa shape index (κ3) is 13.9. The molecule has 4 heteroatoms. The quantitative estimate of drug-likeness (QED) is 0.489. The highest BCUT2D eigenvalue weighted by molar-refractivity contribution is 5.70. The molecule has 0 aliphatic carbocycles. The van der Waals surface area contributed by atoms with E-state index in [1.165, 1.54) is 0 Å². The molecule has 0 aromatic rings. The van der Waals surface area contributed by atoms with Gasteiger partial charge in [-0.15, -0.1) is 0 Å². The van der Waals surface area contributed by atoms with Crippen molar-refractivity contribution in [3.63, 3.8) is 0 Å². The number of hydrogen-bond acceptors (Lipinski definition) is 4. The van der Waals surface area contributed by atoms with E-state index in [9.17, 15) is 9.59 Å². The van der Waals surface area contributed by atoms with E-state index in [2.05, 4.69) is 9.47 Å². The molecule has 13 heavy (non-hydrogen) atoms. The molecule has 1 rings (SSSR count). The van der Waals surface area contributed by atoms with E-state index in [1.54, 1.807) is 6.92 Å². The lowest BCUT2D eigenvalue weighted by molar-refractivity contribution is -0.138. The Kier molecular flexibility index (Phi) is 15.0. The molecule has 1 aliphatic heterocycles. The Labute approximate surface area is 79.2 Å². The number of hydrogen-bond donors (Lipinski definition) is 0. The van der Waals surface area contributed by atoms with Gasteiger partial charge < -0.3 is 9.47 Å². The zero-order valence-corrected chi connectivity index (χ0v) is 8.54. The smallest absolute Gasteiger partial charge is 0.305 e. The first-order valence-electron chi connectivity index (χ1n) is 4.52. The molecule has 4 nitrogen and oxygen atoms in total. The van der Waals surface area contributed by atoms with Crippen molar-refractivity contribution in [1.29, 1.82) is 0 Å². The molecule has 0 unspecified atom stereocenters. The van der Waals surface area contributed by atoms with Crippen molar-refractivity contribution in [2.24, 2.45) is 0 Å². The van der Waals surface area contributed by atoms with E-state index in [0.717, 1.165) is 6.42 Å². The molecular formula is C9H18O4. The van der Waals surface area contributed by atoms with Gasteiger partial charge in [0.1, 0.15) is 0 Å². The van der Waals surface area contributed by atoms with Crippen molar-refractivity contribution in [2.75, 3.05) is 13.2 Å². The third-order valence-electron chi connectivity index (χ3n) is 1.02. The number of rotatable bonds is 2. The average Bonchev–Trinajstić information content (AvgIpc) is 2.62. The van der Waals surface area contributed by atoms with Crippen LogP contribution in [-0.2, 0) is 19.1 Å². The molecule has 0 atom stereocenters. The zero-order chi connectivity index (χ0) is 10.5. The van der Waals surface area contributed by atoms with Crippen LogP contribution in [0.15, 0.2) is 0 Å². The van der Waals surface area contributed by atoms with E-state index in [4.69, 9.17) is 0 Å². The van der Waals surface area contributed by atoms with Gasteiger partial charge in [-0.05, 0) is 13.3 Å². The van der Waals surface area contributed by atoms with Crippen LogP contribution in [0.25, 0.3) is 0 Å². The predicted octanol–water partition coefficient (Wildman–Crippen LogP) is 1.53. The molecule has 0 N–H and O–H groups in total. The summed E-state index contributed by atoms with van der Waals surface area (Å²) >= 11 is 0. The minimum absolute atomic E-state index is 0.0463. The van der Waals surface area contributed by atoms with Gasteiger partial charge in [-0.1, -0.05) is 13.8 Å². The molecule has 1 heterocycles. The first-order chi connectivity index (χ1) is 6.31. The molecule has 0 aromatic carbocycles. The zero-order valence-electron chi connectivity index (χ0n) is 8.54. The standard InChI is InChI=1S/C4H6O2.C3H6O2.C2H6/c5-4-2-1-3-6-4;1-2-5-3-4;1-2/h1-3H2;3H,2H2,1H3;1-2H3. The second-order valence-corrected chi connectivity index (χ2v) is 1.88. The lowest BCUT2D eigenvalue weighted by atomic mass is 10.4. The van der Waals surface area contributed by atoms with Crippen LogP contribution in [0.3, 0.4) is 0 Å². The highest BCUT2D eigenvalue weighted by atomic mass is 16.5. The van der Waals surface area contributed by atoms with Crippen molar-refractivity contribution in [1.82, 2.24) is 0 Å². The molecule has 1 fully saturated rings. The Hall–Kier alpha value is -1.06. The lowest BCUT2D eigenvalue weighted by Crippen LogP contribution is -1.88. The Bertz CT molecular complexity index is 115. The van der Waals surface area contributed by atoms with Crippen molar-refractivity contribution >= 4 is 12.4 Å². The van der Waals surface area contributed by atoms with Crippen LogP contribution in [0.2, 0.25) is 0 Å². The Morgan fingerprint density at radius 3 is 2.23 bits per heavy atom. The Morgan fingerprint density at radius 2 is 2.15 bits per heavy atom. The van der Waals surface area contributed by atoms with Crippen LogP contribution in [-0.4, -0.2) is 25.7 Å². The van der Waals surface area contributed by atoms with Gasteiger partial charge in [-0.2, -0.15) is 0 Å². The lowest BCUT2D eigenvalue weighted by Gasteiger charge is -1.81. The third-order valence-corrected chi connectivity index (χ3v) is 1.02. The number of ether oxygens (including phenoxy) is 2. The first-order valence-corrected chi connectivity index (χ1v) is 4.52. The summed E-state index contributed by atoms with van der Waals surface area (Å²) in [6, 6.07) is 0. The van der Waals surface area contributed by atoms with Crippen LogP contribution in [0, 0.1) is 0 Å². The highest BCUT2D eigenvalue weighted by Crippen LogP contribution is 2.01. The minimum Gasteiger partial charge on any atom is -0.468 e. The summed E-state index contributed by atoms with van der Waals surface area (Å²) < 4.78 is 8.67. The molecule has 0 spiro atoms. The first kappa shape index (κ1) is 14.5. The Morgan fingerprint density at radius 1 is 1.54 bits per heavy atom. The van der Waals surface area contributed by atoms with Gasteiger partial charge in [0.15, 0.2) is 0 Å². The molecular weight excluding hydrogens is 172 g/mol. The van der Waals surface area contributed by atoms with Crippen molar-refractivity contribution in [2.45, 2.75) is 33.6 Å². The van der Waals surface area contributed by atoms with Crippen LogP contribution >= 0.6 is 0 Å². The maximum atomic E-state index is 10.0. The van der Waals surface area contributed by atoms with Crippen molar-refractivity contribution in [3.05, 3.63) is 0 Å². The van der Waals surface area contributed by atoms with Gasteiger partial charge in [0.2, 0.25) is 0 Å². The largest absolute Gasteiger partial charge is 0.468 e. The van der Waals surface area contributed by atoms with Gasteiger partial charge in [0.25, 0.3) is 6.47 Å². The van der Waals surface area contributed by atoms with E-state index in [1.807, 2.05) is 13.8 Å². The molecule has 1 aliphatic rings. The maximum absolute atomic E-state index is 10.0. The van der Waals surface area contributed by atoms with E-state index >= 15 is 0 Å². The number of carbonyl (C=O) groups is 2. The summed E-state index contributed by atoms with van der Waals surface area (Å²) in [5.74, 6) is -0.0463. The molecule has 0 aromatic heterocycles. The van der Waals surface area contributed by atoms with Gasteiger partial charge >= 0.3 is 5.97 Å². The van der Waals surface area contributed by atoms with Gasteiger partial charge in [-0.3, -0.25) is 9.59 Å². The fourth-order valence-electron chi connectivity index (χ4n) is 0.543. The summed E-state index contributed by atoms with van der Waals surface area (Å²) in [7, 11) is 0. The maximum Gasteiger partial charge on any atom is 0.305 e. The average molecular weight is 190 g/mol. The number of cyclic esters (lactones) is 1. The summed E-state index contributed by atoms with van der Waals surface area (Å²) in [5, 5.41) is 0. The van der Waals surface area contributed by atoms with Crippen molar-refractivity contribution in [3.8, 4) is 0 Å². The molecule has 0 radical (unpaired) electrons. The monoisotopic (exact) mass is 190 g/mol. The molecule has 1 saturated heterocycles. The summed E-state index contributed by atoms with van der Waals surface area (Å²) in [5.41, 5.74) is 0. The van der Waals surface area contributed by atoms with Crippen LogP contribution < -0.4 is 0 Å². The molecule has 0 amide bonds. The molecule has 0 saturated carbocycles. The van der Waals surface area contributed by atoms with E-state index < -0.39 is 0 Å². The molecule has 0 bridgehead atoms. The SMILES string of the molecule is CC.CCOC=O.O=C1CCCO1. The highest BCUT2D eigenvalue weighted by Gasteiger charge is 2.08. The van der Waals surface area contributed by atoms with Crippen LogP contribution in [0.5, 0.6) is 0 Å². The van der Waals surface area contributed by atoms with E-state index in [0.29, 0.717) is 26.1 Å². The fourth-order valence-corrected chi connectivity index (χ4v) is 0.543. The van der Waals surface area contributed by atoms with Crippen LogP contribution in [0.1, 0.15) is 33.6 Å². The van der Waals surface area contributed by atoms with Gasteiger partial charge in [0, 0.05) is 6.42 Å². The topological polar surface area (TPSA) is 52.6 Å². The second-order valence-electron chi connectivity index (χ2n) is 1.88. The van der Waals surface area contributed by atoms with E-state index in [-0.39, 0.29) is 5.97 Å². The summed E-state index contributed by atoms with van der Waals surface area (Å²) in [4.78, 5) is 19.2. The van der Waals surface area contributed by atoms with Crippen molar-refractivity contribution < 1.29 is 19.1 Å². The molecule has 78 valence electrons.